The average Bonchev–Trinajstić information content (AvgIpc) is 3.08. The van der Waals surface area contributed by atoms with Gasteiger partial charge in [0, 0.05) is 6.20 Å². The standard InChI is InChI=1S/C12H9N5O2/c13-11(18)10-8(9-3-1-2-4-14-9)7-19-12(10)17-6-5-15-16-17/h1-7H,(H2,13,18). The number of aromatic nitrogens is 4. The summed E-state index contributed by atoms with van der Waals surface area (Å²) in [4.78, 5) is 15.8. The number of furan rings is 1. The molecule has 0 saturated heterocycles. The van der Waals surface area contributed by atoms with E-state index < -0.39 is 5.91 Å². The first-order valence-corrected chi connectivity index (χ1v) is 5.47. The van der Waals surface area contributed by atoms with Gasteiger partial charge < -0.3 is 10.2 Å². The summed E-state index contributed by atoms with van der Waals surface area (Å²) >= 11 is 0. The molecule has 0 fully saturated rings. The Balaban J connectivity index is 2.20. The van der Waals surface area contributed by atoms with Crippen molar-refractivity contribution >= 4 is 5.91 Å². The van der Waals surface area contributed by atoms with E-state index in [0.29, 0.717) is 11.3 Å². The van der Waals surface area contributed by atoms with Gasteiger partial charge in [0.2, 0.25) is 5.88 Å². The zero-order valence-electron chi connectivity index (χ0n) is 9.72. The van der Waals surface area contributed by atoms with Gasteiger partial charge in [-0.25, -0.2) is 0 Å². The van der Waals surface area contributed by atoms with Crippen molar-refractivity contribution in [3.8, 4) is 17.1 Å². The zero-order valence-corrected chi connectivity index (χ0v) is 9.72. The molecule has 0 radical (unpaired) electrons. The topological polar surface area (TPSA) is 99.8 Å². The Labute approximate surface area is 107 Å². The van der Waals surface area contributed by atoms with Crippen LogP contribution in [0.25, 0.3) is 17.1 Å². The Kier molecular flexibility index (Phi) is 2.57. The second kappa shape index (κ2) is 4.37. The van der Waals surface area contributed by atoms with Crippen LogP contribution in [0.15, 0.2) is 47.5 Å². The molecule has 0 aliphatic heterocycles. The fraction of sp³-hybridized carbons (Fsp3) is 0. The fourth-order valence-corrected chi connectivity index (χ4v) is 1.78. The third-order valence-corrected chi connectivity index (χ3v) is 2.59. The normalized spacial score (nSPS) is 10.5. The third-order valence-electron chi connectivity index (χ3n) is 2.59. The summed E-state index contributed by atoms with van der Waals surface area (Å²) in [6.07, 6.45) is 6.10. The van der Waals surface area contributed by atoms with Crippen molar-refractivity contribution in [1.82, 2.24) is 20.0 Å². The van der Waals surface area contributed by atoms with Crippen molar-refractivity contribution in [2.24, 2.45) is 5.73 Å². The quantitative estimate of drug-likeness (QED) is 0.753. The number of hydrogen-bond acceptors (Lipinski definition) is 5. The van der Waals surface area contributed by atoms with Gasteiger partial charge >= 0.3 is 0 Å². The highest BCUT2D eigenvalue weighted by Gasteiger charge is 2.22. The summed E-state index contributed by atoms with van der Waals surface area (Å²) in [7, 11) is 0. The number of amides is 1. The van der Waals surface area contributed by atoms with Gasteiger partial charge in [-0.2, -0.15) is 4.68 Å². The van der Waals surface area contributed by atoms with Gasteiger partial charge in [-0.05, 0) is 12.1 Å². The van der Waals surface area contributed by atoms with E-state index in [9.17, 15) is 4.79 Å². The Bertz CT molecular complexity index is 703. The van der Waals surface area contributed by atoms with Crippen molar-refractivity contribution < 1.29 is 9.21 Å². The van der Waals surface area contributed by atoms with Crippen LogP contribution in [0, 0.1) is 0 Å². The SMILES string of the molecule is NC(=O)c1c(-c2ccccn2)coc1-n1ccnn1. The summed E-state index contributed by atoms with van der Waals surface area (Å²) in [6, 6.07) is 5.36. The molecule has 1 amide bonds. The molecule has 0 aliphatic carbocycles. The maximum Gasteiger partial charge on any atom is 0.255 e. The molecule has 7 heteroatoms. The van der Waals surface area contributed by atoms with Crippen LogP contribution in [0.4, 0.5) is 0 Å². The summed E-state index contributed by atoms with van der Waals surface area (Å²) in [5.41, 5.74) is 6.77. The molecular weight excluding hydrogens is 246 g/mol. The van der Waals surface area contributed by atoms with Crippen LogP contribution in [0.2, 0.25) is 0 Å². The van der Waals surface area contributed by atoms with Crippen molar-refractivity contribution in [1.29, 1.82) is 0 Å². The van der Waals surface area contributed by atoms with Crippen LogP contribution >= 0.6 is 0 Å². The second-order valence-corrected chi connectivity index (χ2v) is 3.76. The largest absolute Gasteiger partial charge is 0.445 e. The molecule has 0 aliphatic rings. The Morgan fingerprint density at radius 2 is 2.21 bits per heavy atom. The number of nitrogens with zero attached hydrogens (tertiary/aromatic N) is 4. The van der Waals surface area contributed by atoms with E-state index in [1.807, 2.05) is 6.07 Å². The predicted molar refractivity (Wildman–Crippen MR) is 65.4 cm³/mol. The van der Waals surface area contributed by atoms with Crippen LogP contribution in [0.1, 0.15) is 10.4 Å². The van der Waals surface area contributed by atoms with E-state index in [4.69, 9.17) is 10.2 Å². The highest BCUT2D eigenvalue weighted by molar-refractivity contribution is 6.02. The molecule has 19 heavy (non-hydrogen) atoms. The number of primary amides is 1. The monoisotopic (exact) mass is 255 g/mol. The summed E-state index contributed by atoms with van der Waals surface area (Å²) in [5.74, 6) is -0.384. The van der Waals surface area contributed by atoms with Crippen molar-refractivity contribution in [2.45, 2.75) is 0 Å². The molecule has 7 nitrogen and oxygen atoms in total. The molecule has 2 N–H and O–H groups in total. The van der Waals surface area contributed by atoms with Gasteiger partial charge in [-0.1, -0.05) is 11.3 Å². The lowest BCUT2D eigenvalue weighted by molar-refractivity contribution is 0.1000. The number of pyridine rings is 1. The summed E-state index contributed by atoms with van der Waals surface area (Å²) in [6.45, 7) is 0. The smallest absolute Gasteiger partial charge is 0.255 e. The minimum atomic E-state index is -0.611. The molecular formula is C12H9N5O2. The third kappa shape index (κ3) is 1.86. The van der Waals surface area contributed by atoms with Crippen LogP contribution in [0.5, 0.6) is 0 Å². The number of carbonyl (C=O) groups is 1. The second-order valence-electron chi connectivity index (χ2n) is 3.76. The molecule has 0 unspecified atom stereocenters. The summed E-state index contributed by atoms with van der Waals surface area (Å²) in [5, 5.41) is 7.45. The van der Waals surface area contributed by atoms with Gasteiger partial charge in [0.05, 0.1) is 23.7 Å². The van der Waals surface area contributed by atoms with Gasteiger partial charge in [0.25, 0.3) is 5.91 Å². The van der Waals surface area contributed by atoms with Gasteiger partial charge in [-0.15, -0.1) is 5.10 Å². The zero-order chi connectivity index (χ0) is 13.2. The molecule has 0 aromatic carbocycles. The first-order valence-electron chi connectivity index (χ1n) is 5.47. The molecule has 0 spiro atoms. The molecule has 0 saturated carbocycles. The van der Waals surface area contributed by atoms with Crippen LogP contribution in [0.3, 0.4) is 0 Å². The highest BCUT2D eigenvalue weighted by Crippen LogP contribution is 2.28. The molecule has 0 bridgehead atoms. The van der Waals surface area contributed by atoms with Crippen LogP contribution in [-0.4, -0.2) is 25.9 Å². The van der Waals surface area contributed by atoms with E-state index >= 15 is 0 Å². The maximum atomic E-state index is 11.6. The molecule has 0 atom stereocenters. The van der Waals surface area contributed by atoms with Gasteiger partial charge in [-0.3, -0.25) is 9.78 Å². The molecule has 3 rings (SSSR count). The lowest BCUT2D eigenvalue weighted by Gasteiger charge is -2.00. The highest BCUT2D eigenvalue weighted by atomic mass is 16.3. The number of nitrogens with two attached hydrogens (primary N) is 1. The minimum absolute atomic E-state index is 0.226. The number of carbonyl (C=O) groups excluding carboxylic acids is 1. The molecule has 94 valence electrons. The number of rotatable bonds is 3. The van der Waals surface area contributed by atoms with Crippen molar-refractivity contribution in [3.05, 3.63) is 48.6 Å². The first-order chi connectivity index (χ1) is 9.27. The average molecular weight is 255 g/mol. The van der Waals surface area contributed by atoms with Gasteiger partial charge in [0.1, 0.15) is 11.8 Å². The summed E-state index contributed by atoms with van der Waals surface area (Å²) < 4.78 is 6.72. The van der Waals surface area contributed by atoms with Gasteiger partial charge in [0.15, 0.2) is 0 Å². The van der Waals surface area contributed by atoms with E-state index in [2.05, 4.69) is 15.3 Å². The maximum absolute atomic E-state index is 11.6. The van der Waals surface area contributed by atoms with Crippen molar-refractivity contribution in [3.63, 3.8) is 0 Å². The van der Waals surface area contributed by atoms with Crippen LogP contribution < -0.4 is 5.73 Å². The molecule has 3 aromatic rings. The number of hydrogen-bond donors (Lipinski definition) is 1. The van der Waals surface area contributed by atoms with E-state index in [-0.39, 0.29) is 11.4 Å². The first kappa shape index (κ1) is 11.1. The lowest BCUT2D eigenvalue weighted by atomic mass is 10.1. The molecule has 3 heterocycles. The Morgan fingerprint density at radius 3 is 2.84 bits per heavy atom. The van der Waals surface area contributed by atoms with E-state index in [0.717, 1.165) is 0 Å². The van der Waals surface area contributed by atoms with Crippen LogP contribution in [-0.2, 0) is 0 Å². The fourth-order valence-electron chi connectivity index (χ4n) is 1.78. The minimum Gasteiger partial charge on any atom is -0.445 e. The predicted octanol–water partition coefficient (Wildman–Crippen LogP) is 1.02. The van der Waals surface area contributed by atoms with E-state index in [1.165, 1.54) is 17.1 Å². The molecule has 3 aromatic heterocycles. The Morgan fingerprint density at radius 1 is 1.32 bits per heavy atom. The van der Waals surface area contributed by atoms with Crippen molar-refractivity contribution in [2.75, 3.05) is 0 Å². The lowest BCUT2D eigenvalue weighted by Crippen LogP contribution is -2.14. The Hall–Kier alpha value is -2.96. The van der Waals surface area contributed by atoms with E-state index in [1.54, 1.807) is 24.5 Å².